The van der Waals surface area contributed by atoms with Crippen LogP contribution in [0.25, 0.3) is 0 Å². The Labute approximate surface area is 142 Å². The van der Waals surface area contributed by atoms with E-state index in [0.717, 1.165) is 12.5 Å². The van der Waals surface area contributed by atoms with Crippen LogP contribution in [0.2, 0.25) is 5.02 Å². The predicted molar refractivity (Wildman–Crippen MR) is 83.4 cm³/mol. The molecule has 0 saturated heterocycles. The van der Waals surface area contributed by atoms with Crippen molar-refractivity contribution in [1.82, 2.24) is 0 Å². The molecule has 0 aliphatic heterocycles. The van der Waals surface area contributed by atoms with Crippen molar-refractivity contribution in [2.24, 2.45) is 5.92 Å². The second-order valence-corrected chi connectivity index (χ2v) is 6.19. The fraction of sp³-hybridized carbons (Fsp3) is 0.438. The average Bonchev–Trinajstić information content (AvgIpc) is 2.45. The van der Waals surface area contributed by atoms with Crippen LogP contribution < -0.4 is 0 Å². The number of alkyl halides is 3. The van der Waals surface area contributed by atoms with Crippen LogP contribution in [0.1, 0.15) is 30.9 Å². The Hall–Kier alpha value is -1.73. The molecule has 1 aromatic carbocycles. The molecule has 134 valence electrons. The van der Waals surface area contributed by atoms with Crippen molar-refractivity contribution >= 4 is 17.8 Å². The Morgan fingerprint density at radius 3 is 2.46 bits per heavy atom. The third-order valence-electron chi connectivity index (χ3n) is 3.86. The Bertz CT molecular complexity index is 612. The van der Waals surface area contributed by atoms with Gasteiger partial charge in [0.15, 0.2) is 0 Å². The molecule has 0 fully saturated rings. The van der Waals surface area contributed by atoms with Crippen LogP contribution in [0.3, 0.4) is 0 Å². The third kappa shape index (κ3) is 5.42. The van der Waals surface area contributed by atoms with Gasteiger partial charge >= 0.3 is 12.3 Å². The van der Waals surface area contributed by atoms with E-state index in [1.54, 1.807) is 6.07 Å². The first-order valence-electron chi connectivity index (χ1n) is 7.07. The lowest BCUT2D eigenvalue weighted by atomic mass is 9.71. The highest BCUT2D eigenvalue weighted by molar-refractivity contribution is 6.31. The van der Waals surface area contributed by atoms with Crippen LogP contribution in [-0.4, -0.2) is 28.1 Å². The summed E-state index contributed by atoms with van der Waals surface area (Å²) in [4.78, 5) is 8.56. The Morgan fingerprint density at radius 1 is 1.38 bits per heavy atom. The van der Waals surface area contributed by atoms with Crippen molar-refractivity contribution in [2.75, 3.05) is 6.61 Å². The fourth-order valence-corrected chi connectivity index (χ4v) is 2.95. The van der Waals surface area contributed by atoms with E-state index in [2.05, 4.69) is 0 Å². The summed E-state index contributed by atoms with van der Waals surface area (Å²) in [6.45, 7) is 1.92. The molecule has 0 amide bonds. The lowest BCUT2D eigenvalue weighted by Gasteiger charge is -2.34. The summed E-state index contributed by atoms with van der Waals surface area (Å²) in [7, 11) is 0. The van der Waals surface area contributed by atoms with E-state index >= 15 is 0 Å². The zero-order valence-corrected chi connectivity index (χ0v) is 13.6. The number of rotatable bonds is 2. The number of benzene rings is 1. The lowest BCUT2D eigenvalue weighted by molar-refractivity contribution is -0.137. The number of carboxylic acid groups (broad SMARTS) is 2. The molecule has 0 heterocycles. The molecular weight excluding hydrogens is 349 g/mol. The minimum Gasteiger partial charge on any atom is -0.450 e. The van der Waals surface area contributed by atoms with E-state index in [0.29, 0.717) is 12.0 Å². The van der Waals surface area contributed by atoms with E-state index in [1.807, 2.05) is 19.1 Å². The summed E-state index contributed by atoms with van der Waals surface area (Å²) in [5, 5.41) is 22.9. The van der Waals surface area contributed by atoms with Crippen LogP contribution >= 0.6 is 11.6 Å². The van der Waals surface area contributed by atoms with Crippen molar-refractivity contribution in [2.45, 2.75) is 31.4 Å². The standard InChI is InChI=1S/C15H16ClF3O.CH2O3/c1-14(6-2-3-10(8-14)9-20)11-4-5-13(16)12(7-11)15(17,18)19;2-1(3)4/h2,4-7,10,20H,3,8-9H2,1H3;(H2,2,3,4)/t10-,14?;/m0./s1. The second-order valence-electron chi connectivity index (χ2n) is 5.78. The molecule has 1 unspecified atom stereocenters. The molecular formula is C16H18ClF3O4. The molecule has 2 atom stereocenters. The van der Waals surface area contributed by atoms with Gasteiger partial charge < -0.3 is 15.3 Å². The van der Waals surface area contributed by atoms with Gasteiger partial charge in [-0.05, 0) is 36.5 Å². The molecule has 2 rings (SSSR count). The lowest BCUT2D eigenvalue weighted by Crippen LogP contribution is -2.28. The van der Waals surface area contributed by atoms with Crippen LogP contribution in [0.5, 0.6) is 0 Å². The van der Waals surface area contributed by atoms with Gasteiger partial charge in [-0.1, -0.05) is 36.7 Å². The van der Waals surface area contributed by atoms with E-state index in [1.165, 1.54) is 6.07 Å². The molecule has 0 aromatic heterocycles. The van der Waals surface area contributed by atoms with Crippen LogP contribution in [0.4, 0.5) is 18.0 Å². The molecule has 0 spiro atoms. The molecule has 0 saturated carbocycles. The highest BCUT2D eigenvalue weighted by atomic mass is 35.5. The first-order valence-corrected chi connectivity index (χ1v) is 7.45. The number of allylic oxidation sites excluding steroid dienone is 2. The zero-order valence-electron chi connectivity index (χ0n) is 12.8. The minimum atomic E-state index is -4.46. The van der Waals surface area contributed by atoms with Gasteiger partial charge in [-0.25, -0.2) is 4.79 Å². The molecule has 24 heavy (non-hydrogen) atoms. The molecule has 0 radical (unpaired) electrons. The van der Waals surface area contributed by atoms with E-state index in [-0.39, 0.29) is 17.5 Å². The van der Waals surface area contributed by atoms with Crippen molar-refractivity contribution in [3.05, 3.63) is 46.5 Å². The number of hydrogen-bond acceptors (Lipinski definition) is 2. The Balaban J connectivity index is 0.000000648. The smallest absolute Gasteiger partial charge is 0.450 e. The predicted octanol–water partition coefficient (Wildman–Crippen LogP) is 4.80. The molecule has 0 bridgehead atoms. The maximum atomic E-state index is 12.9. The number of halogens is 4. The van der Waals surface area contributed by atoms with E-state index in [9.17, 15) is 18.3 Å². The average molecular weight is 367 g/mol. The Morgan fingerprint density at radius 2 is 1.96 bits per heavy atom. The van der Waals surface area contributed by atoms with Crippen LogP contribution in [-0.2, 0) is 11.6 Å². The monoisotopic (exact) mass is 366 g/mol. The highest BCUT2D eigenvalue weighted by Crippen LogP contribution is 2.41. The van der Waals surface area contributed by atoms with Gasteiger partial charge in [-0.15, -0.1) is 0 Å². The largest absolute Gasteiger partial charge is 0.503 e. The summed E-state index contributed by atoms with van der Waals surface area (Å²) in [6, 6.07) is 4.04. The summed E-state index contributed by atoms with van der Waals surface area (Å²) in [5.41, 5.74) is -0.739. The van der Waals surface area contributed by atoms with Gasteiger partial charge in [0.1, 0.15) is 0 Å². The molecule has 1 aliphatic carbocycles. The van der Waals surface area contributed by atoms with Crippen molar-refractivity contribution in [3.63, 3.8) is 0 Å². The second kappa shape index (κ2) is 7.90. The molecule has 4 nitrogen and oxygen atoms in total. The maximum absolute atomic E-state index is 12.9. The minimum absolute atomic E-state index is 0.0413. The first kappa shape index (κ1) is 20.3. The SMILES string of the molecule is CC1(c2ccc(Cl)c(C(F)(F)F)c2)C=CC[C@H](CO)C1.O=C(O)O. The summed E-state index contributed by atoms with van der Waals surface area (Å²) in [5.74, 6) is 0.0787. The molecule has 1 aromatic rings. The van der Waals surface area contributed by atoms with Crippen LogP contribution in [0, 0.1) is 5.92 Å². The Kier molecular flexibility index (Phi) is 6.68. The number of aliphatic hydroxyl groups is 1. The zero-order chi connectivity index (χ0) is 18.5. The normalized spacial score (nSPS) is 23.3. The van der Waals surface area contributed by atoms with E-state index < -0.39 is 23.3 Å². The van der Waals surface area contributed by atoms with Crippen molar-refractivity contribution in [3.8, 4) is 0 Å². The van der Waals surface area contributed by atoms with Gasteiger partial charge in [0.05, 0.1) is 10.6 Å². The molecule has 1 aliphatic rings. The quantitative estimate of drug-likeness (QED) is 0.657. The van der Waals surface area contributed by atoms with Crippen LogP contribution in [0.15, 0.2) is 30.4 Å². The number of hydrogen-bond donors (Lipinski definition) is 3. The van der Waals surface area contributed by atoms with Crippen molar-refractivity contribution in [1.29, 1.82) is 0 Å². The summed E-state index contributed by atoms with van der Waals surface area (Å²) < 4.78 is 38.8. The van der Waals surface area contributed by atoms with Gasteiger partial charge in [0.2, 0.25) is 0 Å². The summed E-state index contributed by atoms with van der Waals surface area (Å²) >= 11 is 5.64. The molecule has 8 heteroatoms. The van der Waals surface area contributed by atoms with Gasteiger partial charge in [0.25, 0.3) is 0 Å². The van der Waals surface area contributed by atoms with Gasteiger partial charge in [0, 0.05) is 12.0 Å². The maximum Gasteiger partial charge on any atom is 0.503 e. The fourth-order valence-electron chi connectivity index (χ4n) is 2.72. The van der Waals surface area contributed by atoms with Crippen molar-refractivity contribution < 1.29 is 33.3 Å². The number of aliphatic hydroxyl groups excluding tert-OH is 1. The van der Waals surface area contributed by atoms with E-state index in [4.69, 9.17) is 26.6 Å². The highest BCUT2D eigenvalue weighted by Gasteiger charge is 2.36. The molecule has 3 N–H and O–H groups in total. The third-order valence-corrected chi connectivity index (χ3v) is 4.19. The van der Waals surface area contributed by atoms with Gasteiger partial charge in [-0.3, -0.25) is 0 Å². The first-order chi connectivity index (χ1) is 11.0. The topological polar surface area (TPSA) is 77.8 Å². The number of carbonyl (C=O) groups is 1. The van der Waals surface area contributed by atoms with Gasteiger partial charge in [-0.2, -0.15) is 13.2 Å². The summed E-state index contributed by atoms with van der Waals surface area (Å²) in [6.07, 6.45) is -1.07.